The summed E-state index contributed by atoms with van der Waals surface area (Å²) in [6.07, 6.45) is 2.75. The minimum atomic E-state index is -4.19. The molecule has 0 amide bonds. The maximum Gasteiger partial charge on any atom is 0.339 e. The topological polar surface area (TPSA) is 80.8 Å². The van der Waals surface area contributed by atoms with Gasteiger partial charge < -0.3 is 9.08 Å². The van der Waals surface area contributed by atoms with Gasteiger partial charge in [-0.05, 0) is 66.0 Å². The molecule has 0 N–H and O–H groups in total. The Morgan fingerprint density at radius 3 is 1.87 bits per heavy atom. The normalized spacial score (nSPS) is 19.8. The molecule has 3 aromatic rings. The zero-order valence-electron chi connectivity index (χ0n) is 26.1. The van der Waals surface area contributed by atoms with E-state index in [-0.39, 0.29) is 33.0 Å². The van der Waals surface area contributed by atoms with Crippen molar-refractivity contribution < 1.29 is 22.2 Å². The Morgan fingerprint density at radius 1 is 0.778 bits per heavy atom. The maximum absolute atomic E-state index is 14.3. The van der Waals surface area contributed by atoms with Crippen molar-refractivity contribution in [3.63, 3.8) is 0 Å². The quantitative estimate of drug-likeness (QED) is 0.233. The van der Waals surface area contributed by atoms with Crippen molar-refractivity contribution >= 4 is 37.6 Å². The molecule has 45 heavy (non-hydrogen) atoms. The number of Topliss-reactive ketones (excluding diaryl/α,β-unsaturated/α-hetero) is 2. The van der Waals surface area contributed by atoms with Crippen LogP contribution in [0.4, 0.5) is 0 Å². The van der Waals surface area contributed by atoms with Crippen LogP contribution in [0, 0.1) is 10.8 Å². The summed E-state index contributed by atoms with van der Waals surface area (Å²) in [7, 11) is -4.19. The summed E-state index contributed by atoms with van der Waals surface area (Å²) in [5.41, 5.74) is 4.14. The van der Waals surface area contributed by atoms with Crippen LogP contribution in [0.5, 0.6) is 5.75 Å². The minimum Gasteiger partial charge on any atom is -0.379 e. The highest BCUT2D eigenvalue weighted by Crippen LogP contribution is 2.55. The summed E-state index contributed by atoms with van der Waals surface area (Å²) in [6, 6.07) is 23.4. The van der Waals surface area contributed by atoms with Crippen molar-refractivity contribution in [1.29, 1.82) is 0 Å². The highest BCUT2D eigenvalue weighted by Gasteiger charge is 2.49. The molecule has 3 aromatic carbocycles. The number of rotatable bonds is 7. The van der Waals surface area contributed by atoms with E-state index in [2.05, 4.69) is 60.7 Å². The second-order valence-electron chi connectivity index (χ2n) is 14.0. The predicted octanol–water partition coefficient (Wildman–Crippen LogP) is 8.15. The van der Waals surface area contributed by atoms with Gasteiger partial charge in [0, 0.05) is 57.9 Å². The summed E-state index contributed by atoms with van der Waals surface area (Å²) in [6.45, 7) is 9.07. The monoisotopic (exact) mass is 687 g/mol. The molecule has 1 heterocycles. The Labute approximate surface area is 274 Å². The van der Waals surface area contributed by atoms with Crippen molar-refractivity contribution in [1.82, 2.24) is 4.90 Å². The molecule has 0 fully saturated rings. The van der Waals surface area contributed by atoms with Crippen LogP contribution in [-0.2, 0) is 26.1 Å². The fraction of sp³-hybridized carbons (Fsp3) is 0.351. The fourth-order valence-electron chi connectivity index (χ4n) is 7.09. The summed E-state index contributed by atoms with van der Waals surface area (Å²) in [5.74, 6) is -0.665. The van der Waals surface area contributed by atoms with Crippen LogP contribution in [0.3, 0.4) is 0 Å². The Balaban J connectivity index is 1.56. The van der Waals surface area contributed by atoms with Crippen LogP contribution >= 0.6 is 15.9 Å². The van der Waals surface area contributed by atoms with Gasteiger partial charge in [0.15, 0.2) is 11.6 Å². The number of carbonyl (C=O) groups is 2. The summed E-state index contributed by atoms with van der Waals surface area (Å²) in [5, 5.41) is 0. The van der Waals surface area contributed by atoms with Gasteiger partial charge in [0.2, 0.25) is 0 Å². The Hall–Kier alpha value is -3.49. The molecule has 3 aliphatic rings. The largest absolute Gasteiger partial charge is 0.379 e. The molecule has 0 unspecified atom stereocenters. The zero-order chi connectivity index (χ0) is 32.1. The molecular weight excluding hydrogens is 650 g/mol. The first-order valence-corrected chi connectivity index (χ1v) is 17.6. The number of benzene rings is 3. The lowest BCUT2D eigenvalue weighted by molar-refractivity contribution is -0.119. The minimum absolute atomic E-state index is 0.0167. The van der Waals surface area contributed by atoms with Crippen molar-refractivity contribution in [3.8, 4) is 5.75 Å². The molecule has 234 valence electrons. The van der Waals surface area contributed by atoms with Gasteiger partial charge in [-0.3, -0.25) is 9.59 Å². The number of ketones is 2. The molecule has 8 heteroatoms. The van der Waals surface area contributed by atoms with Crippen molar-refractivity contribution in [2.24, 2.45) is 10.8 Å². The first-order valence-electron chi connectivity index (χ1n) is 15.4. The van der Waals surface area contributed by atoms with E-state index < -0.39 is 16.0 Å². The third kappa shape index (κ3) is 6.32. The second-order valence-corrected chi connectivity index (χ2v) is 16.4. The van der Waals surface area contributed by atoms with Crippen LogP contribution in [0.15, 0.2) is 111 Å². The molecular formula is C37H38BrNO5S. The highest BCUT2D eigenvalue weighted by molar-refractivity contribution is 9.10. The van der Waals surface area contributed by atoms with Crippen molar-refractivity contribution in [3.05, 3.63) is 117 Å². The summed E-state index contributed by atoms with van der Waals surface area (Å²) >= 11 is 3.58. The van der Waals surface area contributed by atoms with E-state index in [4.69, 9.17) is 4.18 Å². The van der Waals surface area contributed by atoms with E-state index in [1.54, 1.807) is 36.4 Å². The molecule has 0 bridgehead atoms. The van der Waals surface area contributed by atoms with E-state index in [0.717, 1.165) is 17.8 Å². The standard InChI is InChI=1S/C37H38BrNO5S/c1-36(2)20-28-34(30(40)22-36)33(27-19-25(38)15-16-32(27)44-45(42,43)26-13-9-6-10-14-26)35-29(21-37(3,4)23-31(35)41)39(28)18-17-24-11-7-5-8-12-24/h5-16,19,33H,17-18,20-23H2,1-4H3. The van der Waals surface area contributed by atoms with E-state index in [9.17, 15) is 18.0 Å². The number of hydrogen-bond donors (Lipinski definition) is 0. The average Bonchev–Trinajstić information content (AvgIpc) is 2.96. The lowest BCUT2D eigenvalue weighted by Crippen LogP contribution is -2.45. The Bertz CT molecular complexity index is 1790. The SMILES string of the molecule is CC1(C)CC(=O)C2=C(C1)N(CCc1ccccc1)C1=C(C(=O)CC(C)(C)C1)C2c1cc(Br)ccc1OS(=O)(=O)c1ccccc1. The van der Waals surface area contributed by atoms with Crippen LogP contribution in [0.2, 0.25) is 0 Å². The number of hydrogen-bond acceptors (Lipinski definition) is 6. The van der Waals surface area contributed by atoms with Crippen molar-refractivity contribution in [2.75, 3.05) is 6.54 Å². The third-order valence-corrected chi connectivity index (χ3v) is 10.7. The zero-order valence-corrected chi connectivity index (χ0v) is 28.5. The molecule has 0 saturated heterocycles. The smallest absolute Gasteiger partial charge is 0.339 e. The molecule has 0 aromatic heterocycles. The van der Waals surface area contributed by atoms with Crippen LogP contribution < -0.4 is 4.18 Å². The molecule has 0 atom stereocenters. The van der Waals surface area contributed by atoms with E-state index in [0.29, 0.717) is 53.4 Å². The molecule has 0 radical (unpaired) electrons. The summed E-state index contributed by atoms with van der Waals surface area (Å²) < 4.78 is 33.5. The van der Waals surface area contributed by atoms with Crippen molar-refractivity contribution in [2.45, 2.75) is 70.6 Å². The molecule has 1 aliphatic heterocycles. The van der Waals surface area contributed by atoms with Gasteiger partial charge in [-0.15, -0.1) is 0 Å². The van der Waals surface area contributed by atoms with E-state index in [1.807, 2.05) is 18.2 Å². The second kappa shape index (κ2) is 11.7. The molecule has 6 rings (SSSR count). The number of halogens is 1. The van der Waals surface area contributed by atoms with Gasteiger partial charge in [-0.25, -0.2) is 0 Å². The van der Waals surface area contributed by atoms with Gasteiger partial charge in [0.05, 0.1) is 0 Å². The average molecular weight is 689 g/mol. The van der Waals surface area contributed by atoms with Gasteiger partial charge in [-0.2, -0.15) is 8.42 Å². The lowest BCUT2D eigenvalue weighted by Gasteiger charge is -2.49. The highest BCUT2D eigenvalue weighted by atomic mass is 79.9. The van der Waals surface area contributed by atoms with Gasteiger partial charge >= 0.3 is 10.1 Å². The van der Waals surface area contributed by atoms with Gasteiger partial charge in [0.1, 0.15) is 10.6 Å². The molecule has 0 spiro atoms. The number of carbonyl (C=O) groups excluding carboxylic acids is 2. The lowest BCUT2D eigenvalue weighted by atomic mass is 9.63. The van der Waals surface area contributed by atoms with E-state index in [1.165, 1.54) is 17.7 Å². The van der Waals surface area contributed by atoms with Crippen LogP contribution in [0.1, 0.15) is 70.4 Å². The number of allylic oxidation sites excluding steroid dienone is 4. The van der Waals surface area contributed by atoms with Crippen LogP contribution in [0.25, 0.3) is 0 Å². The van der Waals surface area contributed by atoms with Crippen LogP contribution in [-0.4, -0.2) is 31.4 Å². The first-order chi connectivity index (χ1) is 21.2. The molecule has 6 nitrogen and oxygen atoms in total. The predicted molar refractivity (Wildman–Crippen MR) is 178 cm³/mol. The number of nitrogens with zero attached hydrogens (tertiary/aromatic N) is 1. The first kappa shape index (κ1) is 31.5. The van der Waals surface area contributed by atoms with Gasteiger partial charge in [0.25, 0.3) is 0 Å². The molecule has 2 aliphatic carbocycles. The summed E-state index contributed by atoms with van der Waals surface area (Å²) in [4.78, 5) is 30.8. The Kier molecular flexibility index (Phi) is 8.19. The maximum atomic E-state index is 14.3. The molecule has 0 saturated carbocycles. The van der Waals surface area contributed by atoms with E-state index >= 15 is 0 Å². The third-order valence-electron chi connectivity index (χ3n) is 9.00. The fourth-order valence-corrected chi connectivity index (χ4v) is 8.44. The van der Waals surface area contributed by atoms with Gasteiger partial charge in [-0.1, -0.05) is 92.2 Å². The Morgan fingerprint density at radius 2 is 1.31 bits per heavy atom.